The first-order valence-electron chi connectivity index (χ1n) is 7.24. The number of benzene rings is 1. The molecule has 0 heterocycles. The van der Waals surface area contributed by atoms with Gasteiger partial charge in [-0.05, 0) is 24.5 Å². The maximum absolute atomic E-state index is 11.9. The standard InChI is InChI=1S/C16H23NO4/c1-5-7-11-9-13(16(20)17-4)14(19)12(8-6-2)15(11)21-10(3)18/h9,19H,5-8H2,1-4H3,(H,17,20). The summed E-state index contributed by atoms with van der Waals surface area (Å²) in [6.45, 7) is 5.29. The molecule has 116 valence electrons. The molecule has 1 aromatic rings. The van der Waals surface area contributed by atoms with Crippen LogP contribution in [0.15, 0.2) is 6.07 Å². The number of rotatable bonds is 6. The molecule has 0 aromatic heterocycles. The molecule has 0 saturated heterocycles. The minimum Gasteiger partial charge on any atom is -0.507 e. The molecule has 0 aliphatic heterocycles. The van der Waals surface area contributed by atoms with Gasteiger partial charge in [0, 0.05) is 19.5 Å². The predicted molar refractivity (Wildman–Crippen MR) is 80.8 cm³/mol. The van der Waals surface area contributed by atoms with Crippen LogP contribution in [-0.2, 0) is 17.6 Å². The first kappa shape index (κ1) is 17.0. The van der Waals surface area contributed by atoms with Gasteiger partial charge in [0.25, 0.3) is 5.91 Å². The highest BCUT2D eigenvalue weighted by Gasteiger charge is 2.22. The van der Waals surface area contributed by atoms with Crippen LogP contribution >= 0.6 is 0 Å². The van der Waals surface area contributed by atoms with E-state index in [1.54, 1.807) is 6.07 Å². The first-order valence-corrected chi connectivity index (χ1v) is 7.24. The maximum atomic E-state index is 11.9. The Labute approximate surface area is 125 Å². The predicted octanol–water partition coefficient (Wildman–Crippen LogP) is 2.58. The first-order chi connectivity index (χ1) is 9.96. The van der Waals surface area contributed by atoms with Gasteiger partial charge < -0.3 is 15.2 Å². The molecule has 0 atom stereocenters. The lowest BCUT2D eigenvalue weighted by Gasteiger charge is -2.17. The van der Waals surface area contributed by atoms with Crippen LogP contribution in [0.3, 0.4) is 0 Å². The number of aromatic hydroxyl groups is 1. The second kappa shape index (κ2) is 7.67. The molecule has 5 heteroatoms. The minimum atomic E-state index is -0.434. The van der Waals surface area contributed by atoms with Crippen molar-refractivity contribution in [1.82, 2.24) is 5.32 Å². The van der Waals surface area contributed by atoms with Gasteiger partial charge in [0.1, 0.15) is 11.5 Å². The lowest BCUT2D eigenvalue weighted by molar-refractivity contribution is -0.132. The Morgan fingerprint density at radius 3 is 2.33 bits per heavy atom. The summed E-state index contributed by atoms with van der Waals surface area (Å²) in [4.78, 5) is 23.2. The molecule has 1 aromatic carbocycles. The van der Waals surface area contributed by atoms with Gasteiger partial charge in [-0.2, -0.15) is 0 Å². The zero-order chi connectivity index (χ0) is 16.0. The van der Waals surface area contributed by atoms with E-state index >= 15 is 0 Å². The monoisotopic (exact) mass is 293 g/mol. The summed E-state index contributed by atoms with van der Waals surface area (Å²) in [7, 11) is 1.51. The number of carbonyl (C=O) groups excluding carboxylic acids is 2. The Hall–Kier alpha value is -2.04. The lowest BCUT2D eigenvalue weighted by atomic mass is 9.96. The third-order valence-corrected chi connectivity index (χ3v) is 3.16. The van der Waals surface area contributed by atoms with Crippen molar-refractivity contribution in [1.29, 1.82) is 0 Å². The van der Waals surface area contributed by atoms with Gasteiger partial charge in [-0.1, -0.05) is 26.7 Å². The van der Waals surface area contributed by atoms with Crippen molar-refractivity contribution >= 4 is 11.9 Å². The highest BCUT2D eigenvalue weighted by molar-refractivity contribution is 5.98. The molecule has 0 spiro atoms. The Kier molecular flexibility index (Phi) is 6.21. The van der Waals surface area contributed by atoms with E-state index in [1.165, 1.54) is 14.0 Å². The van der Waals surface area contributed by atoms with E-state index in [0.29, 0.717) is 24.2 Å². The van der Waals surface area contributed by atoms with Crippen molar-refractivity contribution in [3.8, 4) is 11.5 Å². The molecular weight excluding hydrogens is 270 g/mol. The van der Waals surface area contributed by atoms with Gasteiger partial charge in [0.05, 0.1) is 5.56 Å². The smallest absolute Gasteiger partial charge is 0.308 e. The van der Waals surface area contributed by atoms with Crippen LogP contribution in [0.25, 0.3) is 0 Å². The van der Waals surface area contributed by atoms with Crippen LogP contribution in [0.2, 0.25) is 0 Å². The molecule has 21 heavy (non-hydrogen) atoms. The van der Waals surface area contributed by atoms with Crippen LogP contribution in [0.5, 0.6) is 11.5 Å². The SMILES string of the molecule is CCCc1cc(C(=O)NC)c(O)c(CCC)c1OC(C)=O. The number of aryl methyl sites for hydroxylation is 1. The normalized spacial score (nSPS) is 10.3. The molecule has 1 rings (SSSR count). The zero-order valence-corrected chi connectivity index (χ0v) is 13.1. The molecule has 1 amide bonds. The molecule has 0 fully saturated rings. The highest BCUT2D eigenvalue weighted by Crippen LogP contribution is 2.37. The van der Waals surface area contributed by atoms with E-state index in [9.17, 15) is 14.7 Å². The Balaban J connectivity index is 3.54. The number of hydrogen-bond acceptors (Lipinski definition) is 4. The third kappa shape index (κ3) is 3.97. The third-order valence-electron chi connectivity index (χ3n) is 3.16. The van der Waals surface area contributed by atoms with Crippen LogP contribution in [0, 0.1) is 0 Å². The van der Waals surface area contributed by atoms with Crippen molar-refractivity contribution in [3.63, 3.8) is 0 Å². The number of phenols is 1. The van der Waals surface area contributed by atoms with Gasteiger partial charge in [-0.3, -0.25) is 9.59 Å². The van der Waals surface area contributed by atoms with E-state index in [-0.39, 0.29) is 17.2 Å². The lowest BCUT2D eigenvalue weighted by Crippen LogP contribution is -2.19. The molecule has 0 radical (unpaired) electrons. The van der Waals surface area contributed by atoms with Crippen LogP contribution in [-0.4, -0.2) is 24.0 Å². The zero-order valence-electron chi connectivity index (χ0n) is 13.1. The van der Waals surface area contributed by atoms with Gasteiger partial charge in [-0.25, -0.2) is 0 Å². The van der Waals surface area contributed by atoms with Crippen molar-refractivity contribution in [2.45, 2.75) is 46.5 Å². The van der Waals surface area contributed by atoms with E-state index < -0.39 is 5.97 Å². The van der Waals surface area contributed by atoms with E-state index in [0.717, 1.165) is 18.4 Å². The van der Waals surface area contributed by atoms with E-state index in [1.807, 2.05) is 13.8 Å². The minimum absolute atomic E-state index is 0.104. The largest absolute Gasteiger partial charge is 0.507 e. The Bertz CT molecular complexity index is 538. The van der Waals surface area contributed by atoms with Crippen molar-refractivity contribution in [3.05, 3.63) is 22.8 Å². The van der Waals surface area contributed by atoms with E-state index in [2.05, 4.69) is 5.32 Å². The summed E-state index contributed by atoms with van der Waals surface area (Å²) in [5.41, 5.74) is 1.52. The van der Waals surface area contributed by atoms with Gasteiger partial charge in [-0.15, -0.1) is 0 Å². The summed E-state index contributed by atoms with van der Waals surface area (Å²) in [5, 5.41) is 12.9. The summed E-state index contributed by atoms with van der Waals surface area (Å²) in [6.07, 6.45) is 2.82. The van der Waals surface area contributed by atoms with Crippen molar-refractivity contribution < 1.29 is 19.4 Å². The number of hydrogen-bond donors (Lipinski definition) is 2. The molecular formula is C16H23NO4. The van der Waals surface area contributed by atoms with E-state index in [4.69, 9.17) is 4.74 Å². The molecule has 0 unspecified atom stereocenters. The Morgan fingerprint density at radius 1 is 1.24 bits per heavy atom. The second-order valence-electron chi connectivity index (χ2n) is 4.91. The summed E-state index contributed by atoms with van der Waals surface area (Å²) < 4.78 is 5.30. The van der Waals surface area contributed by atoms with Crippen LogP contribution in [0.4, 0.5) is 0 Å². The van der Waals surface area contributed by atoms with Gasteiger partial charge >= 0.3 is 5.97 Å². The van der Waals surface area contributed by atoms with Crippen molar-refractivity contribution in [2.24, 2.45) is 0 Å². The van der Waals surface area contributed by atoms with Crippen LogP contribution < -0.4 is 10.1 Å². The molecule has 0 aliphatic rings. The molecule has 5 nitrogen and oxygen atoms in total. The molecule has 2 N–H and O–H groups in total. The van der Waals surface area contributed by atoms with Crippen molar-refractivity contribution in [2.75, 3.05) is 7.05 Å². The average molecular weight is 293 g/mol. The van der Waals surface area contributed by atoms with Gasteiger partial charge in [0.15, 0.2) is 0 Å². The summed E-state index contributed by atoms with van der Waals surface area (Å²) in [5.74, 6) is -0.489. The number of amides is 1. The summed E-state index contributed by atoms with van der Waals surface area (Å²) in [6, 6.07) is 1.61. The summed E-state index contributed by atoms with van der Waals surface area (Å²) >= 11 is 0. The average Bonchev–Trinajstić information content (AvgIpc) is 2.44. The molecule has 0 saturated carbocycles. The number of carbonyl (C=O) groups is 2. The number of phenolic OH excluding ortho intramolecular Hbond substituents is 1. The quantitative estimate of drug-likeness (QED) is 0.624. The van der Waals surface area contributed by atoms with Crippen LogP contribution in [0.1, 0.15) is 55.1 Å². The maximum Gasteiger partial charge on any atom is 0.308 e. The topological polar surface area (TPSA) is 75.6 Å². The highest BCUT2D eigenvalue weighted by atomic mass is 16.5. The number of nitrogens with one attached hydrogen (secondary N) is 1. The fourth-order valence-corrected chi connectivity index (χ4v) is 2.29. The second-order valence-corrected chi connectivity index (χ2v) is 4.91. The fraction of sp³-hybridized carbons (Fsp3) is 0.500. The number of esters is 1. The van der Waals surface area contributed by atoms with Gasteiger partial charge in [0.2, 0.25) is 0 Å². The Morgan fingerprint density at radius 2 is 1.86 bits per heavy atom. The molecule has 0 aliphatic carbocycles. The fourth-order valence-electron chi connectivity index (χ4n) is 2.29. The molecule has 0 bridgehead atoms. The number of ether oxygens (including phenoxy) is 1.